The summed E-state index contributed by atoms with van der Waals surface area (Å²) in [5.74, 6) is -0.465. The van der Waals surface area contributed by atoms with E-state index in [1.54, 1.807) is 0 Å². The third kappa shape index (κ3) is 3.50. The Kier molecular flexibility index (Phi) is 3.84. The SMILES string of the molecule is O=C(c1cccn1CC(F)(F)F)N1CCCC(O)C1. The molecule has 1 aromatic rings. The molecule has 1 atom stereocenters. The number of alkyl halides is 3. The number of carbonyl (C=O) groups excluding carboxylic acids is 1. The third-order valence-corrected chi connectivity index (χ3v) is 3.08. The first-order chi connectivity index (χ1) is 8.87. The zero-order chi connectivity index (χ0) is 14.0. The van der Waals surface area contributed by atoms with Gasteiger partial charge in [-0.2, -0.15) is 13.2 Å². The lowest BCUT2D eigenvalue weighted by Gasteiger charge is -2.30. The molecule has 1 fully saturated rings. The van der Waals surface area contributed by atoms with Crippen molar-refractivity contribution in [2.24, 2.45) is 0 Å². The summed E-state index contributed by atoms with van der Waals surface area (Å²) in [5, 5.41) is 9.50. The molecule has 1 saturated heterocycles. The van der Waals surface area contributed by atoms with Crippen LogP contribution in [0.1, 0.15) is 23.3 Å². The molecule has 1 aliphatic heterocycles. The normalized spacial score (nSPS) is 20.6. The highest BCUT2D eigenvalue weighted by Crippen LogP contribution is 2.20. The first-order valence-electron chi connectivity index (χ1n) is 6.06. The third-order valence-electron chi connectivity index (χ3n) is 3.08. The van der Waals surface area contributed by atoms with Crippen molar-refractivity contribution in [3.8, 4) is 0 Å². The molecule has 0 radical (unpaired) electrons. The number of amides is 1. The van der Waals surface area contributed by atoms with Gasteiger partial charge in [-0.3, -0.25) is 4.79 Å². The number of likely N-dealkylation sites (tertiary alicyclic amines) is 1. The molecule has 19 heavy (non-hydrogen) atoms. The lowest BCUT2D eigenvalue weighted by atomic mass is 10.1. The Bertz CT molecular complexity index is 456. The average Bonchev–Trinajstić information content (AvgIpc) is 2.73. The molecule has 7 heteroatoms. The van der Waals surface area contributed by atoms with Gasteiger partial charge in [0.15, 0.2) is 0 Å². The Morgan fingerprint density at radius 2 is 2.21 bits per heavy atom. The molecule has 1 amide bonds. The van der Waals surface area contributed by atoms with E-state index in [-0.39, 0.29) is 12.2 Å². The zero-order valence-electron chi connectivity index (χ0n) is 10.2. The van der Waals surface area contributed by atoms with Crippen molar-refractivity contribution in [1.29, 1.82) is 0 Å². The van der Waals surface area contributed by atoms with E-state index in [9.17, 15) is 23.1 Å². The summed E-state index contributed by atoms with van der Waals surface area (Å²) < 4.78 is 38.0. The average molecular weight is 276 g/mol. The number of nitrogens with zero attached hydrogens (tertiary/aromatic N) is 2. The van der Waals surface area contributed by atoms with Crippen molar-refractivity contribution in [1.82, 2.24) is 9.47 Å². The van der Waals surface area contributed by atoms with E-state index in [2.05, 4.69) is 0 Å². The lowest BCUT2D eigenvalue weighted by molar-refractivity contribution is -0.140. The second-order valence-corrected chi connectivity index (χ2v) is 4.68. The molecule has 106 valence electrons. The topological polar surface area (TPSA) is 45.5 Å². The zero-order valence-corrected chi connectivity index (χ0v) is 10.2. The second kappa shape index (κ2) is 5.24. The van der Waals surface area contributed by atoms with Crippen molar-refractivity contribution in [2.75, 3.05) is 13.1 Å². The Morgan fingerprint density at radius 1 is 1.47 bits per heavy atom. The molecular formula is C12H15F3N2O2. The summed E-state index contributed by atoms with van der Waals surface area (Å²) in [7, 11) is 0. The number of halogens is 3. The van der Waals surface area contributed by atoms with Crippen molar-refractivity contribution in [3.05, 3.63) is 24.0 Å². The molecule has 0 aliphatic carbocycles. The molecule has 0 spiro atoms. The van der Waals surface area contributed by atoms with Crippen LogP contribution < -0.4 is 0 Å². The van der Waals surface area contributed by atoms with Crippen LogP contribution in [-0.2, 0) is 6.54 Å². The van der Waals surface area contributed by atoms with Crippen molar-refractivity contribution in [3.63, 3.8) is 0 Å². The maximum atomic E-state index is 12.4. The molecule has 0 bridgehead atoms. The number of aliphatic hydroxyl groups excluding tert-OH is 1. The van der Waals surface area contributed by atoms with E-state index in [1.807, 2.05) is 0 Å². The van der Waals surface area contributed by atoms with Gasteiger partial charge in [0, 0.05) is 19.3 Å². The Balaban J connectivity index is 2.13. The molecule has 2 rings (SSSR count). The predicted octanol–water partition coefficient (Wildman–Crippen LogP) is 1.65. The van der Waals surface area contributed by atoms with Gasteiger partial charge < -0.3 is 14.6 Å². The van der Waals surface area contributed by atoms with Crippen molar-refractivity contribution < 1.29 is 23.1 Å². The van der Waals surface area contributed by atoms with E-state index >= 15 is 0 Å². The van der Waals surface area contributed by atoms with Gasteiger partial charge in [0.05, 0.1) is 6.10 Å². The number of hydrogen-bond acceptors (Lipinski definition) is 2. The fourth-order valence-electron chi connectivity index (χ4n) is 2.24. The van der Waals surface area contributed by atoms with Crippen LogP contribution in [0.4, 0.5) is 13.2 Å². The molecule has 1 unspecified atom stereocenters. The van der Waals surface area contributed by atoms with E-state index in [0.717, 1.165) is 4.57 Å². The van der Waals surface area contributed by atoms with Crippen LogP contribution in [0.3, 0.4) is 0 Å². The van der Waals surface area contributed by atoms with Crippen LogP contribution in [0.25, 0.3) is 0 Å². The Morgan fingerprint density at radius 3 is 2.84 bits per heavy atom. The largest absolute Gasteiger partial charge is 0.406 e. The minimum atomic E-state index is -4.37. The van der Waals surface area contributed by atoms with E-state index < -0.39 is 24.7 Å². The Hall–Kier alpha value is -1.50. The van der Waals surface area contributed by atoms with Gasteiger partial charge in [-0.1, -0.05) is 0 Å². The fourth-order valence-corrected chi connectivity index (χ4v) is 2.24. The minimum absolute atomic E-state index is 0.00595. The summed E-state index contributed by atoms with van der Waals surface area (Å²) in [5.41, 5.74) is 0.00595. The number of carbonyl (C=O) groups is 1. The Labute approximate surface area is 108 Å². The van der Waals surface area contributed by atoms with Gasteiger partial charge >= 0.3 is 6.18 Å². The number of piperidine rings is 1. The van der Waals surface area contributed by atoms with E-state index in [1.165, 1.54) is 23.2 Å². The number of rotatable bonds is 2. The van der Waals surface area contributed by atoms with Crippen LogP contribution in [0, 0.1) is 0 Å². The van der Waals surface area contributed by atoms with Crippen molar-refractivity contribution >= 4 is 5.91 Å². The van der Waals surface area contributed by atoms with Gasteiger partial charge in [0.25, 0.3) is 5.91 Å². The quantitative estimate of drug-likeness (QED) is 0.892. The van der Waals surface area contributed by atoms with Crippen LogP contribution in [-0.4, -0.2) is 45.9 Å². The minimum Gasteiger partial charge on any atom is -0.391 e. The molecule has 1 aromatic heterocycles. The second-order valence-electron chi connectivity index (χ2n) is 4.68. The van der Waals surface area contributed by atoms with Gasteiger partial charge in [-0.15, -0.1) is 0 Å². The van der Waals surface area contributed by atoms with E-state index in [0.29, 0.717) is 19.4 Å². The summed E-state index contributed by atoms with van der Waals surface area (Å²) >= 11 is 0. The smallest absolute Gasteiger partial charge is 0.391 e. The molecule has 1 aliphatic rings. The van der Waals surface area contributed by atoms with Crippen LogP contribution >= 0.6 is 0 Å². The number of β-amino-alcohol motifs (C(OH)–C–C–N with tert-alkyl or cyclic N) is 1. The van der Waals surface area contributed by atoms with Crippen LogP contribution in [0.15, 0.2) is 18.3 Å². The molecule has 0 saturated carbocycles. The molecular weight excluding hydrogens is 261 g/mol. The highest BCUT2D eigenvalue weighted by Gasteiger charge is 2.31. The first kappa shape index (κ1) is 13.9. The van der Waals surface area contributed by atoms with E-state index in [4.69, 9.17) is 0 Å². The van der Waals surface area contributed by atoms with Crippen LogP contribution in [0.2, 0.25) is 0 Å². The highest BCUT2D eigenvalue weighted by atomic mass is 19.4. The van der Waals surface area contributed by atoms with Crippen molar-refractivity contribution in [2.45, 2.75) is 31.7 Å². The van der Waals surface area contributed by atoms with Gasteiger partial charge in [0.2, 0.25) is 0 Å². The van der Waals surface area contributed by atoms with Gasteiger partial charge in [-0.05, 0) is 25.0 Å². The summed E-state index contributed by atoms with van der Waals surface area (Å²) in [6.07, 6.45) is -2.44. The summed E-state index contributed by atoms with van der Waals surface area (Å²) in [4.78, 5) is 13.5. The number of aromatic nitrogens is 1. The standard InChI is InChI=1S/C12H15F3N2O2/c13-12(14,15)8-17-6-2-4-10(17)11(19)16-5-1-3-9(18)7-16/h2,4,6,9,18H,1,3,5,7-8H2. The summed E-state index contributed by atoms with van der Waals surface area (Å²) in [6, 6.07) is 2.79. The van der Waals surface area contributed by atoms with Gasteiger partial charge in [-0.25, -0.2) is 0 Å². The number of hydrogen-bond donors (Lipinski definition) is 1. The van der Waals surface area contributed by atoms with Crippen LogP contribution in [0.5, 0.6) is 0 Å². The maximum absolute atomic E-state index is 12.4. The molecule has 1 N–H and O–H groups in total. The van der Waals surface area contributed by atoms with Gasteiger partial charge in [0.1, 0.15) is 12.2 Å². The highest BCUT2D eigenvalue weighted by molar-refractivity contribution is 5.92. The lowest BCUT2D eigenvalue weighted by Crippen LogP contribution is -2.43. The fraction of sp³-hybridized carbons (Fsp3) is 0.583. The summed E-state index contributed by atoms with van der Waals surface area (Å²) in [6.45, 7) is -0.541. The molecule has 0 aromatic carbocycles. The molecule has 2 heterocycles. The predicted molar refractivity (Wildman–Crippen MR) is 61.6 cm³/mol. The monoisotopic (exact) mass is 276 g/mol. The molecule has 4 nitrogen and oxygen atoms in total. The number of aliphatic hydroxyl groups is 1. The maximum Gasteiger partial charge on any atom is 0.406 e. The first-order valence-corrected chi connectivity index (χ1v) is 6.06.